The largest absolute Gasteiger partial charge is 0.390 e. The molecular formula is C3H7IN2. The van der Waals surface area contributed by atoms with Crippen molar-refractivity contribution in [1.29, 1.82) is 0 Å². The summed E-state index contributed by atoms with van der Waals surface area (Å²) in [6.45, 7) is 0.844. The highest BCUT2D eigenvalue weighted by Gasteiger charge is 1.66. The molecule has 0 amide bonds. The third kappa shape index (κ3) is 4.20. The normalized spacial score (nSPS) is 10.2. The fourth-order valence-electron chi connectivity index (χ4n) is 0.123. The molecule has 0 radical (unpaired) electrons. The lowest BCUT2D eigenvalue weighted by Crippen LogP contribution is -1.90. The number of halogens is 1. The fourth-order valence-corrected chi connectivity index (χ4v) is 0.402. The van der Waals surface area contributed by atoms with Gasteiger partial charge in [0.1, 0.15) is 0 Å². The summed E-state index contributed by atoms with van der Waals surface area (Å²) < 4.78 is 1.05. The standard InChI is InChI=1S/C3H7IN2/c4-1-2-6-3-5/h3H,1-2H2,(H2,5,6). The summed E-state index contributed by atoms with van der Waals surface area (Å²) in [6, 6.07) is 0. The van der Waals surface area contributed by atoms with Crippen molar-refractivity contribution in [2.75, 3.05) is 11.0 Å². The minimum Gasteiger partial charge on any atom is -0.390 e. The van der Waals surface area contributed by atoms with E-state index in [-0.39, 0.29) is 0 Å². The van der Waals surface area contributed by atoms with Crippen LogP contribution in [0.25, 0.3) is 0 Å². The number of aliphatic imine (C=N–C) groups is 1. The third-order valence-electron chi connectivity index (χ3n) is 0.319. The van der Waals surface area contributed by atoms with E-state index < -0.39 is 0 Å². The van der Waals surface area contributed by atoms with Gasteiger partial charge >= 0.3 is 0 Å². The van der Waals surface area contributed by atoms with E-state index in [1.165, 1.54) is 6.34 Å². The molecular weight excluding hydrogens is 191 g/mol. The highest BCUT2D eigenvalue weighted by molar-refractivity contribution is 14.1. The average molecular weight is 198 g/mol. The molecule has 2 nitrogen and oxygen atoms in total. The van der Waals surface area contributed by atoms with Crippen LogP contribution in [0.2, 0.25) is 0 Å². The van der Waals surface area contributed by atoms with Crippen LogP contribution in [0.3, 0.4) is 0 Å². The smallest absolute Gasteiger partial charge is 0.0798 e. The van der Waals surface area contributed by atoms with Gasteiger partial charge in [-0.15, -0.1) is 0 Å². The number of nitrogens with zero attached hydrogens (tertiary/aromatic N) is 1. The van der Waals surface area contributed by atoms with Gasteiger partial charge in [-0.25, -0.2) is 0 Å². The van der Waals surface area contributed by atoms with E-state index in [1.807, 2.05) is 0 Å². The van der Waals surface area contributed by atoms with Crippen LogP contribution < -0.4 is 5.73 Å². The van der Waals surface area contributed by atoms with Crippen LogP contribution in [0.4, 0.5) is 0 Å². The Morgan fingerprint density at radius 2 is 2.50 bits per heavy atom. The maximum absolute atomic E-state index is 4.92. The van der Waals surface area contributed by atoms with Gasteiger partial charge in [0.25, 0.3) is 0 Å². The molecule has 0 aliphatic carbocycles. The number of hydrogen-bond donors (Lipinski definition) is 1. The minimum absolute atomic E-state index is 0.844. The average Bonchev–Trinajstić information content (AvgIpc) is 1.61. The Kier molecular flexibility index (Phi) is 5.37. The second-order valence-corrected chi connectivity index (χ2v) is 1.82. The predicted molar refractivity (Wildman–Crippen MR) is 36.4 cm³/mol. The van der Waals surface area contributed by atoms with Gasteiger partial charge in [-0.05, 0) is 0 Å². The molecule has 6 heavy (non-hydrogen) atoms. The summed E-state index contributed by atoms with van der Waals surface area (Å²) in [7, 11) is 0. The van der Waals surface area contributed by atoms with Gasteiger partial charge in [-0.3, -0.25) is 4.99 Å². The van der Waals surface area contributed by atoms with Crippen molar-refractivity contribution < 1.29 is 0 Å². The third-order valence-corrected chi connectivity index (χ3v) is 0.801. The predicted octanol–water partition coefficient (Wildman–Crippen LogP) is 0.408. The topological polar surface area (TPSA) is 38.4 Å². The van der Waals surface area contributed by atoms with Crippen LogP contribution in [0.5, 0.6) is 0 Å². The lowest BCUT2D eigenvalue weighted by atomic mass is 10.8. The molecule has 0 aromatic rings. The zero-order chi connectivity index (χ0) is 4.83. The van der Waals surface area contributed by atoms with E-state index in [9.17, 15) is 0 Å². The summed E-state index contributed by atoms with van der Waals surface area (Å²) in [5, 5.41) is 0. The molecule has 0 aromatic carbocycles. The highest BCUT2D eigenvalue weighted by atomic mass is 127. The lowest BCUT2D eigenvalue weighted by molar-refractivity contribution is 1.17. The second kappa shape index (κ2) is 5.20. The summed E-state index contributed by atoms with van der Waals surface area (Å²) in [5.41, 5.74) is 4.92. The number of rotatable bonds is 2. The molecule has 0 aliphatic rings. The second-order valence-electron chi connectivity index (χ2n) is 0.744. The van der Waals surface area contributed by atoms with Crippen molar-refractivity contribution in [2.45, 2.75) is 0 Å². The molecule has 3 heteroatoms. The SMILES string of the molecule is NC=NCCI. The van der Waals surface area contributed by atoms with Crippen LogP contribution in [0, 0.1) is 0 Å². The Labute approximate surface area is 51.0 Å². The van der Waals surface area contributed by atoms with E-state index >= 15 is 0 Å². The highest BCUT2D eigenvalue weighted by Crippen LogP contribution is 1.77. The van der Waals surface area contributed by atoms with Crippen molar-refractivity contribution in [1.82, 2.24) is 0 Å². The number of nitrogens with two attached hydrogens (primary N) is 1. The van der Waals surface area contributed by atoms with Crippen LogP contribution in [-0.4, -0.2) is 17.3 Å². The molecule has 0 bridgehead atoms. The molecule has 0 spiro atoms. The van der Waals surface area contributed by atoms with E-state index in [1.54, 1.807) is 0 Å². The first-order valence-corrected chi connectivity index (χ1v) is 3.20. The van der Waals surface area contributed by atoms with Gasteiger partial charge in [0.15, 0.2) is 0 Å². The molecule has 0 fully saturated rings. The van der Waals surface area contributed by atoms with Crippen molar-refractivity contribution >= 4 is 28.9 Å². The molecule has 2 N–H and O–H groups in total. The lowest BCUT2D eigenvalue weighted by Gasteiger charge is -1.76. The molecule has 0 aromatic heterocycles. The van der Waals surface area contributed by atoms with Crippen molar-refractivity contribution in [3.05, 3.63) is 0 Å². The van der Waals surface area contributed by atoms with Crippen LogP contribution >= 0.6 is 22.6 Å². The maximum Gasteiger partial charge on any atom is 0.0798 e. The van der Waals surface area contributed by atoms with Crippen molar-refractivity contribution in [3.8, 4) is 0 Å². The van der Waals surface area contributed by atoms with Crippen LogP contribution in [0.15, 0.2) is 4.99 Å². The van der Waals surface area contributed by atoms with Gasteiger partial charge in [0.2, 0.25) is 0 Å². The minimum atomic E-state index is 0.844. The first-order chi connectivity index (χ1) is 2.91. The summed E-state index contributed by atoms with van der Waals surface area (Å²) in [4.78, 5) is 3.74. The molecule has 0 saturated carbocycles. The van der Waals surface area contributed by atoms with Gasteiger partial charge in [0.05, 0.1) is 6.34 Å². The molecule has 0 rings (SSSR count). The fraction of sp³-hybridized carbons (Fsp3) is 0.667. The van der Waals surface area contributed by atoms with Crippen molar-refractivity contribution in [3.63, 3.8) is 0 Å². The van der Waals surface area contributed by atoms with E-state index in [0.29, 0.717) is 0 Å². The number of hydrogen-bond acceptors (Lipinski definition) is 1. The summed E-state index contributed by atoms with van der Waals surface area (Å²) in [5.74, 6) is 0. The monoisotopic (exact) mass is 198 g/mol. The van der Waals surface area contributed by atoms with E-state index in [2.05, 4.69) is 27.6 Å². The first-order valence-electron chi connectivity index (χ1n) is 1.68. The Morgan fingerprint density at radius 3 is 2.67 bits per heavy atom. The first kappa shape index (κ1) is 6.20. The quantitative estimate of drug-likeness (QED) is 0.296. The number of alkyl halides is 1. The maximum atomic E-state index is 4.92. The Morgan fingerprint density at radius 1 is 1.83 bits per heavy atom. The van der Waals surface area contributed by atoms with Gasteiger partial charge in [0, 0.05) is 11.0 Å². The van der Waals surface area contributed by atoms with Gasteiger partial charge in [-0.2, -0.15) is 0 Å². The van der Waals surface area contributed by atoms with E-state index in [4.69, 9.17) is 5.73 Å². The Balaban J connectivity index is 2.66. The Bertz CT molecular complexity index is 44.1. The molecule has 0 atom stereocenters. The molecule has 0 heterocycles. The molecule has 0 unspecified atom stereocenters. The molecule has 0 aliphatic heterocycles. The van der Waals surface area contributed by atoms with Crippen LogP contribution in [0.1, 0.15) is 0 Å². The summed E-state index contributed by atoms with van der Waals surface area (Å²) in [6.07, 6.45) is 1.33. The van der Waals surface area contributed by atoms with Gasteiger partial charge in [-0.1, -0.05) is 22.6 Å². The Hall–Kier alpha value is 0.200. The van der Waals surface area contributed by atoms with Crippen LogP contribution in [-0.2, 0) is 0 Å². The zero-order valence-corrected chi connectivity index (χ0v) is 5.55. The van der Waals surface area contributed by atoms with Gasteiger partial charge < -0.3 is 5.73 Å². The van der Waals surface area contributed by atoms with E-state index in [0.717, 1.165) is 11.0 Å². The van der Waals surface area contributed by atoms with Crippen molar-refractivity contribution in [2.24, 2.45) is 10.7 Å². The summed E-state index contributed by atoms with van der Waals surface area (Å²) >= 11 is 2.24. The molecule has 36 valence electrons. The molecule has 0 saturated heterocycles. The zero-order valence-electron chi connectivity index (χ0n) is 3.39.